The topological polar surface area (TPSA) is 62.6 Å². The van der Waals surface area contributed by atoms with Crippen LogP contribution in [0, 0.1) is 0 Å². The fourth-order valence-electron chi connectivity index (χ4n) is 3.87. The zero-order valence-electron chi connectivity index (χ0n) is 18.8. The third-order valence-electron chi connectivity index (χ3n) is 5.68. The molecule has 33 heavy (non-hydrogen) atoms. The van der Waals surface area contributed by atoms with Gasteiger partial charge in [-0.1, -0.05) is 61.5 Å². The zero-order valence-corrected chi connectivity index (χ0v) is 18.8. The van der Waals surface area contributed by atoms with Crippen LogP contribution in [-0.2, 0) is 13.0 Å². The van der Waals surface area contributed by atoms with Gasteiger partial charge in [0, 0.05) is 36.7 Å². The molecule has 0 atom stereocenters. The molecule has 0 bridgehead atoms. The van der Waals surface area contributed by atoms with Crippen molar-refractivity contribution in [3.63, 3.8) is 0 Å². The Morgan fingerprint density at radius 1 is 0.909 bits per heavy atom. The fraction of sp³-hybridized carbons (Fsp3) is 0.214. The minimum Gasteiger partial charge on any atom is -0.423 e. The lowest BCUT2D eigenvalue weighted by molar-refractivity contribution is 0.0742. The Labute approximate surface area is 193 Å². The first kappa shape index (κ1) is 22.3. The summed E-state index contributed by atoms with van der Waals surface area (Å²) in [4.78, 5) is 27.0. The van der Waals surface area contributed by atoms with Crippen molar-refractivity contribution in [3.05, 3.63) is 112 Å². The SMILES string of the molecule is CCc1ccc(C(=O)N(CCCNc2cc(=O)oc3ccccc23)Cc2ccccc2)cc1. The summed E-state index contributed by atoms with van der Waals surface area (Å²) in [5, 5.41) is 4.21. The molecule has 0 spiro atoms. The van der Waals surface area contributed by atoms with Gasteiger partial charge in [-0.2, -0.15) is 0 Å². The Balaban J connectivity index is 1.45. The van der Waals surface area contributed by atoms with Crippen molar-refractivity contribution >= 4 is 22.6 Å². The number of benzene rings is 3. The maximum atomic E-state index is 13.3. The largest absolute Gasteiger partial charge is 0.423 e. The van der Waals surface area contributed by atoms with Gasteiger partial charge >= 0.3 is 5.63 Å². The lowest BCUT2D eigenvalue weighted by atomic mass is 10.1. The predicted octanol–water partition coefficient (Wildman–Crippen LogP) is 5.50. The number of hydrogen-bond acceptors (Lipinski definition) is 4. The van der Waals surface area contributed by atoms with Crippen LogP contribution in [0.15, 0.2) is 94.1 Å². The van der Waals surface area contributed by atoms with Crippen molar-refractivity contribution in [1.29, 1.82) is 0 Å². The van der Waals surface area contributed by atoms with E-state index in [9.17, 15) is 9.59 Å². The molecule has 0 fully saturated rings. The van der Waals surface area contributed by atoms with E-state index in [1.165, 1.54) is 11.6 Å². The van der Waals surface area contributed by atoms with Crippen molar-refractivity contribution < 1.29 is 9.21 Å². The molecular weight excluding hydrogens is 412 g/mol. The van der Waals surface area contributed by atoms with E-state index in [1.807, 2.05) is 77.7 Å². The molecular formula is C28H28N2O3. The monoisotopic (exact) mass is 440 g/mol. The summed E-state index contributed by atoms with van der Waals surface area (Å²) >= 11 is 0. The summed E-state index contributed by atoms with van der Waals surface area (Å²) in [5.41, 5.74) is 3.93. The second kappa shape index (κ2) is 10.6. The number of carbonyl (C=O) groups is 1. The normalized spacial score (nSPS) is 10.8. The molecule has 0 saturated carbocycles. The number of hydrogen-bond donors (Lipinski definition) is 1. The van der Waals surface area contributed by atoms with Crippen LogP contribution in [0.3, 0.4) is 0 Å². The zero-order chi connectivity index (χ0) is 23.0. The average molecular weight is 441 g/mol. The summed E-state index contributed by atoms with van der Waals surface area (Å²) in [6.45, 7) is 3.87. The first-order valence-electron chi connectivity index (χ1n) is 11.3. The number of anilines is 1. The molecule has 5 nitrogen and oxygen atoms in total. The van der Waals surface area contributed by atoms with Crippen LogP contribution in [0.25, 0.3) is 11.0 Å². The Bertz CT molecular complexity index is 1260. The number of fused-ring (bicyclic) bond motifs is 1. The summed E-state index contributed by atoms with van der Waals surface area (Å²) in [7, 11) is 0. The van der Waals surface area contributed by atoms with E-state index in [-0.39, 0.29) is 11.5 Å². The number of amides is 1. The van der Waals surface area contributed by atoms with Crippen molar-refractivity contribution in [1.82, 2.24) is 4.90 Å². The van der Waals surface area contributed by atoms with Crippen LogP contribution in [-0.4, -0.2) is 23.9 Å². The summed E-state index contributed by atoms with van der Waals surface area (Å²) in [5.74, 6) is 0.0207. The Morgan fingerprint density at radius 3 is 2.39 bits per heavy atom. The van der Waals surface area contributed by atoms with Gasteiger partial charge in [0.2, 0.25) is 0 Å². The Morgan fingerprint density at radius 2 is 1.64 bits per heavy atom. The molecule has 1 N–H and O–H groups in total. The maximum Gasteiger partial charge on any atom is 0.338 e. The van der Waals surface area contributed by atoms with Gasteiger partial charge in [0.05, 0.1) is 5.69 Å². The minimum absolute atomic E-state index is 0.0207. The number of nitrogens with zero attached hydrogens (tertiary/aromatic N) is 1. The third kappa shape index (κ3) is 5.69. The van der Waals surface area contributed by atoms with Crippen LogP contribution in [0.1, 0.15) is 34.8 Å². The first-order chi connectivity index (χ1) is 16.1. The molecule has 0 aliphatic rings. The fourth-order valence-corrected chi connectivity index (χ4v) is 3.87. The van der Waals surface area contributed by atoms with E-state index in [0.29, 0.717) is 30.8 Å². The van der Waals surface area contributed by atoms with E-state index in [0.717, 1.165) is 29.5 Å². The lowest BCUT2D eigenvalue weighted by Crippen LogP contribution is -2.32. The molecule has 4 aromatic rings. The molecule has 168 valence electrons. The highest BCUT2D eigenvalue weighted by Crippen LogP contribution is 2.21. The maximum absolute atomic E-state index is 13.3. The van der Waals surface area contributed by atoms with Crippen molar-refractivity contribution in [2.24, 2.45) is 0 Å². The van der Waals surface area contributed by atoms with Crippen molar-refractivity contribution in [3.8, 4) is 0 Å². The Kier molecular flexibility index (Phi) is 7.20. The second-order valence-electron chi connectivity index (χ2n) is 8.02. The molecule has 0 radical (unpaired) electrons. The number of rotatable bonds is 9. The number of carbonyl (C=O) groups excluding carboxylic acids is 1. The summed E-state index contributed by atoms with van der Waals surface area (Å²) < 4.78 is 5.26. The van der Waals surface area contributed by atoms with Crippen LogP contribution >= 0.6 is 0 Å². The minimum atomic E-state index is -0.382. The number of nitrogens with one attached hydrogen (secondary N) is 1. The van der Waals surface area contributed by atoms with Gasteiger partial charge in [0.25, 0.3) is 5.91 Å². The Hall–Kier alpha value is -3.86. The van der Waals surface area contributed by atoms with Crippen molar-refractivity contribution in [2.45, 2.75) is 26.3 Å². The highest BCUT2D eigenvalue weighted by atomic mass is 16.4. The van der Waals surface area contributed by atoms with Crippen molar-refractivity contribution in [2.75, 3.05) is 18.4 Å². The van der Waals surface area contributed by atoms with Crippen LogP contribution in [0.2, 0.25) is 0 Å². The average Bonchev–Trinajstić information content (AvgIpc) is 2.86. The van der Waals surface area contributed by atoms with Gasteiger partial charge in [-0.25, -0.2) is 4.79 Å². The van der Waals surface area contributed by atoms with Gasteiger partial charge in [-0.3, -0.25) is 4.79 Å². The highest BCUT2D eigenvalue weighted by molar-refractivity contribution is 5.94. The lowest BCUT2D eigenvalue weighted by Gasteiger charge is -2.23. The molecule has 0 aliphatic heterocycles. The quantitative estimate of drug-likeness (QED) is 0.276. The van der Waals surface area contributed by atoms with Gasteiger partial charge < -0.3 is 14.6 Å². The van der Waals surface area contributed by atoms with Crippen LogP contribution in [0.4, 0.5) is 5.69 Å². The van der Waals surface area contributed by atoms with E-state index in [4.69, 9.17) is 4.42 Å². The molecule has 1 heterocycles. The van der Waals surface area contributed by atoms with Gasteiger partial charge in [-0.05, 0) is 48.2 Å². The van der Waals surface area contributed by atoms with E-state index < -0.39 is 0 Å². The number of para-hydroxylation sites is 1. The summed E-state index contributed by atoms with van der Waals surface area (Å²) in [6, 6.07) is 26.8. The molecule has 5 heteroatoms. The molecule has 0 unspecified atom stereocenters. The first-order valence-corrected chi connectivity index (χ1v) is 11.3. The van der Waals surface area contributed by atoms with E-state index in [2.05, 4.69) is 12.2 Å². The molecule has 0 saturated heterocycles. The van der Waals surface area contributed by atoms with E-state index in [1.54, 1.807) is 6.07 Å². The molecule has 1 aromatic heterocycles. The third-order valence-corrected chi connectivity index (χ3v) is 5.68. The molecule has 3 aromatic carbocycles. The van der Waals surface area contributed by atoms with Crippen LogP contribution in [0.5, 0.6) is 0 Å². The van der Waals surface area contributed by atoms with Gasteiger partial charge in [0.15, 0.2) is 0 Å². The van der Waals surface area contributed by atoms with Gasteiger partial charge in [-0.15, -0.1) is 0 Å². The van der Waals surface area contributed by atoms with Gasteiger partial charge in [0.1, 0.15) is 5.58 Å². The predicted molar refractivity (Wildman–Crippen MR) is 133 cm³/mol. The molecule has 4 rings (SSSR count). The molecule has 0 aliphatic carbocycles. The second-order valence-corrected chi connectivity index (χ2v) is 8.02. The smallest absolute Gasteiger partial charge is 0.338 e. The van der Waals surface area contributed by atoms with Crippen LogP contribution < -0.4 is 10.9 Å². The number of aryl methyl sites for hydroxylation is 1. The molecule has 1 amide bonds. The summed E-state index contributed by atoms with van der Waals surface area (Å²) in [6.07, 6.45) is 1.68. The standard InChI is InChI=1S/C28H28N2O3/c1-2-21-13-15-23(16-14-21)28(32)30(20-22-9-4-3-5-10-22)18-8-17-29-25-19-27(31)33-26-12-7-6-11-24(25)26/h3-7,9-16,19,29H,2,8,17-18,20H2,1H3. The highest BCUT2D eigenvalue weighted by Gasteiger charge is 2.16. The van der Waals surface area contributed by atoms with E-state index >= 15 is 0 Å².